The second-order valence-corrected chi connectivity index (χ2v) is 6.21. The highest BCUT2D eigenvalue weighted by atomic mass is 16.7. The van der Waals surface area contributed by atoms with Crippen LogP contribution in [0.2, 0.25) is 0 Å². The molecule has 1 saturated carbocycles. The third-order valence-electron chi connectivity index (χ3n) is 4.52. The predicted molar refractivity (Wildman–Crippen MR) is 84.0 cm³/mol. The minimum atomic E-state index is -0.597. The van der Waals surface area contributed by atoms with E-state index in [1.165, 1.54) is 6.42 Å². The zero-order valence-electron chi connectivity index (χ0n) is 13.3. The molecule has 6 nitrogen and oxygen atoms in total. The molecule has 0 spiro atoms. The van der Waals surface area contributed by atoms with Gasteiger partial charge in [0.2, 0.25) is 6.79 Å². The number of nitrogens with one attached hydrogen (secondary N) is 2. The predicted octanol–water partition coefficient (Wildman–Crippen LogP) is 1.73. The molecule has 3 rings (SSSR count). The lowest BCUT2D eigenvalue weighted by Gasteiger charge is -2.29. The molecule has 2 atom stereocenters. The number of ether oxygens (including phenoxy) is 2. The average Bonchev–Trinajstić information content (AvgIpc) is 3.02. The normalized spacial score (nSPS) is 22.5. The van der Waals surface area contributed by atoms with Crippen LogP contribution in [0, 0.1) is 5.92 Å². The van der Waals surface area contributed by atoms with Gasteiger partial charge in [-0.1, -0.05) is 25.8 Å². The smallest absolute Gasteiger partial charge is 0.309 e. The lowest BCUT2D eigenvalue weighted by atomic mass is 9.86. The van der Waals surface area contributed by atoms with Crippen molar-refractivity contribution in [3.8, 4) is 11.5 Å². The summed E-state index contributed by atoms with van der Waals surface area (Å²) < 4.78 is 10.5. The summed E-state index contributed by atoms with van der Waals surface area (Å²) in [5.41, 5.74) is 0.862. The van der Waals surface area contributed by atoms with E-state index in [1.54, 1.807) is 6.07 Å². The van der Waals surface area contributed by atoms with Gasteiger partial charge in [-0.2, -0.15) is 0 Å². The van der Waals surface area contributed by atoms with Crippen molar-refractivity contribution in [2.75, 3.05) is 6.79 Å². The van der Waals surface area contributed by atoms with Crippen LogP contribution in [0.15, 0.2) is 18.2 Å². The average molecular weight is 318 g/mol. The first-order valence-electron chi connectivity index (χ1n) is 8.10. The van der Waals surface area contributed by atoms with Crippen LogP contribution < -0.4 is 20.1 Å². The summed E-state index contributed by atoms with van der Waals surface area (Å²) in [6.07, 6.45) is 4.35. The van der Waals surface area contributed by atoms with E-state index in [-0.39, 0.29) is 19.4 Å². The summed E-state index contributed by atoms with van der Waals surface area (Å²) >= 11 is 0. The molecule has 0 unspecified atom stereocenters. The van der Waals surface area contributed by atoms with Crippen molar-refractivity contribution in [2.45, 2.75) is 45.2 Å². The molecule has 2 N–H and O–H groups in total. The van der Waals surface area contributed by atoms with Crippen LogP contribution in [-0.4, -0.2) is 24.6 Å². The van der Waals surface area contributed by atoms with Crippen molar-refractivity contribution in [3.05, 3.63) is 23.8 Å². The van der Waals surface area contributed by atoms with Crippen molar-refractivity contribution >= 4 is 11.8 Å². The Balaban J connectivity index is 1.49. The largest absolute Gasteiger partial charge is 0.454 e. The van der Waals surface area contributed by atoms with Crippen LogP contribution in [0.3, 0.4) is 0 Å². The van der Waals surface area contributed by atoms with Gasteiger partial charge < -0.3 is 20.1 Å². The van der Waals surface area contributed by atoms with Gasteiger partial charge in [0.15, 0.2) is 11.5 Å². The molecule has 1 heterocycles. The second-order valence-electron chi connectivity index (χ2n) is 6.21. The van der Waals surface area contributed by atoms with Gasteiger partial charge in [-0.15, -0.1) is 0 Å². The summed E-state index contributed by atoms with van der Waals surface area (Å²) in [7, 11) is 0. The highest BCUT2D eigenvalue weighted by Crippen LogP contribution is 2.32. The lowest BCUT2D eigenvalue weighted by Crippen LogP contribution is -2.47. The molecule has 23 heavy (non-hydrogen) atoms. The van der Waals surface area contributed by atoms with Crippen molar-refractivity contribution in [1.29, 1.82) is 0 Å². The SMILES string of the molecule is C[C@@H]1CCCC[C@@H]1NC(=O)C(=O)NCc1ccc2c(c1)OCO2. The van der Waals surface area contributed by atoms with E-state index in [1.807, 2.05) is 12.1 Å². The Labute approximate surface area is 135 Å². The van der Waals surface area contributed by atoms with Crippen molar-refractivity contribution < 1.29 is 19.1 Å². The third kappa shape index (κ3) is 3.75. The molecule has 1 fully saturated rings. The number of carbonyl (C=O) groups excluding carboxylic acids is 2. The summed E-state index contributed by atoms with van der Waals surface area (Å²) in [6.45, 7) is 2.62. The minimum Gasteiger partial charge on any atom is -0.454 e. The number of hydrogen-bond donors (Lipinski definition) is 2. The third-order valence-corrected chi connectivity index (χ3v) is 4.52. The first kappa shape index (κ1) is 15.6. The maximum Gasteiger partial charge on any atom is 0.309 e. The first-order valence-corrected chi connectivity index (χ1v) is 8.10. The summed E-state index contributed by atoms with van der Waals surface area (Å²) in [5.74, 6) is 0.639. The van der Waals surface area contributed by atoms with E-state index >= 15 is 0 Å². The van der Waals surface area contributed by atoms with Crippen LogP contribution >= 0.6 is 0 Å². The van der Waals surface area contributed by atoms with Gasteiger partial charge in [-0.05, 0) is 36.5 Å². The fourth-order valence-corrected chi connectivity index (χ4v) is 3.08. The van der Waals surface area contributed by atoms with E-state index in [2.05, 4.69) is 17.6 Å². The standard InChI is InChI=1S/C17H22N2O4/c1-11-4-2-3-5-13(11)19-17(21)16(20)18-9-12-6-7-14-15(8-12)23-10-22-14/h6-8,11,13H,2-5,9-10H2,1H3,(H,18,20)(H,19,21)/t11-,13+/m1/s1. The Morgan fingerprint density at radius 1 is 1.13 bits per heavy atom. The molecule has 2 aliphatic rings. The molecular weight excluding hydrogens is 296 g/mol. The van der Waals surface area contributed by atoms with Crippen LogP contribution in [0.25, 0.3) is 0 Å². The Bertz CT molecular complexity index is 602. The Morgan fingerprint density at radius 3 is 2.74 bits per heavy atom. The Hall–Kier alpha value is -2.24. The first-order chi connectivity index (χ1) is 11.1. The summed E-state index contributed by atoms with van der Waals surface area (Å²) in [6, 6.07) is 5.55. The monoisotopic (exact) mass is 318 g/mol. The fourth-order valence-electron chi connectivity index (χ4n) is 3.08. The number of rotatable bonds is 3. The quantitative estimate of drug-likeness (QED) is 0.832. The molecule has 1 aliphatic carbocycles. The highest BCUT2D eigenvalue weighted by Gasteiger charge is 2.25. The molecule has 1 aromatic rings. The topological polar surface area (TPSA) is 76.7 Å². The highest BCUT2D eigenvalue weighted by molar-refractivity contribution is 6.35. The lowest BCUT2D eigenvalue weighted by molar-refractivity contribution is -0.140. The van der Waals surface area contributed by atoms with Crippen molar-refractivity contribution in [1.82, 2.24) is 10.6 Å². The number of amides is 2. The second kappa shape index (κ2) is 6.89. The van der Waals surface area contributed by atoms with Crippen LogP contribution in [0.5, 0.6) is 11.5 Å². The molecule has 1 aromatic carbocycles. The van der Waals surface area contributed by atoms with Crippen LogP contribution in [0.4, 0.5) is 0 Å². The van der Waals surface area contributed by atoms with Gasteiger partial charge in [-0.25, -0.2) is 0 Å². The number of benzene rings is 1. The molecular formula is C17H22N2O4. The van der Waals surface area contributed by atoms with E-state index in [4.69, 9.17) is 9.47 Å². The van der Waals surface area contributed by atoms with Gasteiger partial charge in [0.1, 0.15) is 0 Å². The van der Waals surface area contributed by atoms with E-state index in [0.717, 1.165) is 24.8 Å². The molecule has 0 radical (unpaired) electrons. The summed E-state index contributed by atoms with van der Waals surface area (Å²) in [5, 5.41) is 5.50. The molecule has 2 amide bonds. The fraction of sp³-hybridized carbons (Fsp3) is 0.529. The van der Waals surface area contributed by atoms with Gasteiger partial charge in [0, 0.05) is 12.6 Å². The van der Waals surface area contributed by atoms with Crippen molar-refractivity contribution in [2.24, 2.45) is 5.92 Å². The molecule has 0 saturated heterocycles. The Kier molecular flexibility index (Phi) is 4.69. The molecule has 6 heteroatoms. The van der Waals surface area contributed by atoms with E-state index in [9.17, 15) is 9.59 Å². The van der Waals surface area contributed by atoms with E-state index < -0.39 is 11.8 Å². The molecule has 1 aliphatic heterocycles. The van der Waals surface area contributed by atoms with Crippen LogP contribution in [0.1, 0.15) is 38.2 Å². The minimum absolute atomic E-state index is 0.104. The summed E-state index contributed by atoms with van der Waals surface area (Å²) in [4.78, 5) is 23.9. The number of hydrogen-bond acceptors (Lipinski definition) is 4. The molecule has 0 aromatic heterocycles. The number of carbonyl (C=O) groups is 2. The molecule has 0 bridgehead atoms. The molecule has 124 valence electrons. The zero-order valence-corrected chi connectivity index (χ0v) is 13.3. The Morgan fingerprint density at radius 2 is 1.91 bits per heavy atom. The van der Waals surface area contributed by atoms with Gasteiger partial charge >= 0.3 is 11.8 Å². The van der Waals surface area contributed by atoms with Gasteiger partial charge in [0.25, 0.3) is 0 Å². The van der Waals surface area contributed by atoms with Crippen molar-refractivity contribution in [3.63, 3.8) is 0 Å². The maximum atomic E-state index is 12.0. The number of fused-ring (bicyclic) bond motifs is 1. The van der Waals surface area contributed by atoms with E-state index in [0.29, 0.717) is 17.4 Å². The van der Waals surface area contributed by atoms with Gasteiger partial charge in [-0.3, -0.25) is 9.59 Å². The van der Waals surface area contributed by atoms with Gasteiger partial charge in [0.05, 0.1) is 0 Å². The van der Waals surface area contributed by atoms with Crippen LogP contribution in [-0.2, 0) is 16.1 Å². The zero-order chi connectivity index (χ0) is 16.2. The maximum absolute atomic E-state index is 12.0.